The molecule has 0 bridgehead atoms. The van der Waals surface area contributed by atoms with Gasteiger partial charge >= 0.3 is 6.09 Å². The molecule has 1 atom stereocenters. The number of ketones is 1. The second-order valence-corrected chi connectivity index (χ2v) is 9.34. The maximum Gasteiger partial charge on any atom is 0.426 e. The van der Waals surface area contributed by atoms with Gasteiger partial charge in [0.25, 0.3) is 5.91 Å². The van der Waals surface area contributed by atoms with E-state index in [1.807, 2.05) is 30.3 Å². The summed E-state index contributed by atoms with van der Waals surface area (Å²) < 4.78 is 5.35. The Labute approximate surface area is 209 Å². The Kier molecular flexibility index (Phi) is 7.19. The Morgan fingerprint density at radius 1 is 1.00 bits per heavy atom. The third-order valence-electron chi connectivity index (χ3n) is 5.64. The smallest absolute Gasteiger partial charge is 0.426 e. The normalized spacial score (nSPS) is 15.4. The topological polar surface area (TPSA) is 114 Å². The number of amides is 2. The summed E-state index contributed by atoms with van der Waals surface area (Å²) in [5.41, 5.74) is 4.47. The molecule has 0 fully saturated rings. The van der Waals surface area contributed by atoms with Crippen molar-refractivity contribution in [3.05, 3.63) is 89.7 Å². The second kappa shape index (κ2) is 10.5. The maximum atomic E-state index is 13.7. The van der Waals surface area contributed by atoms with Crippen LogP contribution in [0.1, 0.15) is 44.0 Å². The number of Topliss-reactive ketones (excluding diaryl/α,β-unsaturated/α-hetero) is 1. The summed E-state index contributed by atoms with van der Waals surface area (Å²) in [4.78, 5) is 44.1. The number of nitrogens with zero attached hydrogens (tertiary/aromatic N) is 4. The van der Waals surface area contributed by atoms with Gasteiger partial charge in [0.2, 0.25) is 0 Å². The van der Waals surface area contributed by atoms with Crippen LogP contribution >= 0.6 is 0 Å². The highest BCUT2D eigenvalue weighted by Crippen LogP contribution is 2.29. The molecular weight excluding hydrogens is 458 g/mol. The van der Waals surface area contributed by atoms with Gasteiger partial charge in [0.15, 0.2) is 0 Å². The van der Waals surface area contributed by atoms with Crippen molar-refractivity contribution in [2.24, 2.45) is 10.4 Å². The molecule has 1 unspecified atom stereocenters. The molecule has 0 radical (unpaired) electrons. The van der Waals surface area contributed by atoms with Crippen molar-refractivity contribution in [1.82, 2.24) is 15.6 Å². The van der Waals surface area contributed by atoms with Crippen LogP contribution < -0.4 is 10.4 Å². The van der Waals surface area contributed by atoms with Crippen LogP contribution in [0.25, 0.3) is 0 Å². The summed E-state index contributed by atoms with van der Waals surface area (Å²) in [6.45, 7) is 5.39. The number of anilines is 1. The summed E-state index contributed by atoms with van der Waals surface area (Å²) in [5.74, 6) is -0.698. The molecule has 2 amide bonds. The number of ether oxygens (including phenoxy) is 1. The minimum atomic E-state index is -1.09. The molecule has 1 N–H and O–H groups in total. The first-order valence-corrected chi connectivity index (χ1v) is 11.5. The van der Waals surface area contributed by atoms with Gasteiger partial charge in [-0.25, -0.2) is 15.2 Å². The number of hydrogen-bond acceptors (Lipinski definition) is 7. The van der Waals surface area contributed by atoms with E-state index in [-0.39, 0.29) is 18.8 Å². The summed E-state index contributed by atoms with van der Waals surface area (Å²) in [7, 11) is 0. The fourth-order valence-electron chi connectivity index (χ4n) is 3.63. The lowest BCUT2D eigenvalue weighted by Gasteiger charge is -2.26. The molecule has 3 aromatic rings. The van der Waals surface area contributed by atoms with Crippen molar-refractivity contribution in [3.63, 3.8) is 0 Å². The van der Waals surface area contributed by atoms with E-state index in [0.29, 0.717) is 22.7 Å². The van der Waals surface area contributed by atoms with Gasteiger partial charge < -0.3 is 4.74 Å². The first kappa shape index (κ1) is 24.7. The number of carbonyl (C=O) groups excluding carboxylic acids is 3. The van der Waals surface area contributed by atoms with Crippen molar-refractivity contribution < 1.29 is 19.1 Å². The number of benzene rings is 2. The molecule has 0 saturated heterocycles. The van der Waals surface area contributed by atoms with Crippen LogP contribution in [0.15, 0.2) is 77.9 Å². The van der Waals surface area contributed by atoms with Crippen LogP contribution in [0.5, 0.6) is 0 Å². The molecule has 0 saturated carbocycles. The highest BCUT2D eigenvalue weighted by molar-refractivity contribution is 6.19. The van der Waals surface area contributed by atoms with Gasteiger partial charge in [0.05, 0.1) is 11.4 Å². The first-order chi connectivity index (χ1) is 17.2. The second-order valence-electron chi connectivity index (χ2n) is 9.34. The van der Waals surface area contributed by atoms with Crippen molar-refractivity contribution in [3.8, 4) is 0 Å². The van der Waals surface area contributed by atoms with E-state index >= 15 is 0 Å². The fourth-order valence-corrected chi connectivity index (χ4v) is 3.63. The summed E-state index contributed by atoms with van der Waals surface area (Å²) in [6.07, 6.45) is 0.581. The van der Waals surface area contributed by atoms with Gasteiger partial charge in [-0.2, -0.15) is 5.10 Å². The Morgan fingerprint density at radius 3 is 2.42 bits per heavy atom. The highest BCUT2D eigenvalue weighted by Gasteiger charge is 2.37. The predicted octanol–water partition coefficient (Wildman–Crippen LogP) is 3.88. The number of carbonyl (C=O) groups is 3. The zero-order valence-corrected chi connectivity index (χ0v) is 20.3. The monoisotopic (exact) mass is 485 g/mol. The van der Waals surface area contributed by atoms with Crippen LogP contribution in [0.3, 0.4) is 0 Å². The Balaban J connectivity index is 1.70. The fraction of sp³-hybridized carbons (Fsp3) is 0.259. The molecule has 0 spiro atoms. The van der Waals surface area contributed by atoms with Crippen LogP contribution in [-0.4, -0.2) is 39.7 Å². The molecular formula is C27H27N5O4. The largest absolute Gasteiger partial charge is 0.443 e. The van der Waals surface area contributed by atoms with Gasteiger partial charge in [-0.05, 0) is 23.8 Å². The molecule has 0 aliphatic carbocycles. The van der Waals surface area contributed by atoms with Crippen LogP contribution in [0.4, 0.5) is 10.5 Å². The molecule has 36 heavy (non-hydrogen) atoms. The lowest BCUT2D eigenvalue weighted by Crippen LogP contribution is -2.50. The zero-order valence-electron chi connectivity index (χ0n) is 20.3. The minimum Gasteiger partial charge on any atom is -0.443 e. The van der Waals surface area contributed by atoms with Crippen molar-refractivity contribution in [1.29, 1.82) is 0 Å². The third kappa shape index (κ3) is 5.63. The third-order valence-corrected chi connectivity index (χ3v) is 5.64. The summed E-state index contributed by atoms with van der Waals surface area (Å²) in [5, 5.41) is 9.22. The quantitative estimate of drug-likeness (QED) is 0.567. The number of hydrazine groups is 1. The van der Waals surface area contributed by atoms with E-state index in [1.54, 1.807) is 57.2 Å². The number of para-hydroxylation sites is 1. The molecule has 1 aliphatic rings. The van der Waals surface area contributed by atoms with Crippen molar-refractivity contribution in [2.45, 2.75) is 39.8 Å². The molecule has 1 aliphatic heterocycles. The number of fused-ring (bicyclic) bond motifs is 1. The van der Waals surface area contributed by atoms with Gasteiger partial charge in [-0.15, -0.1) is 5.10 Å². The van der Waals surface area contributed by atoms with E-state index in [4.69, 9.17) is 4.74 Å². The average molecular weight is 486 g/mol. The zero-order chi connectivity index (χ0) is 25.7. The minimum absolute atomic E-state index is 0.0314. The molecule has 4 rings (SSSR count). The average Bonchev–Trinajstić information content (AvgIpc) is 2.99. The van der Waals surface area contributed by atoms with Crippen molar-refractivity contribution in [2.75, 3.05) is 5.01 Å². The van der Waals surface area contributed by atoms with Crippen molar-refractivity contribution >= 4 is 29.2 Å². The lowest BCUT2D eigenvalue weighted by molar-refractivity contribution is -0.129. The summed E-state index contributed by atoms with van der Waals surface area (Å²) in [6, 6.07) is 18.6. The lowest BCUT2D eigenvalue weighted by atomic mass is 9.87. The van der Waals surface area contributed by atoms with Crippen LogP contribution in [-0.2, 0) is 20.9 Å². The number of aromatic nitrogens is 2. The van der Waals surface area contributed by atoms with E-state index in [9.17, 15) is 14.4 Å². The highest BCUT2D eigenvalue weighted by atomic mass is 16.6. The molecule has 184 valence electrons. The first-order valence-electron chi connectivity index (χ1n) is 11.5. The van der Waals surface area contributed by atoms with Gasteiger partial charge in [-0.1, -0.05) is 69.3 Å². The predicted molar refractivity (Wildman–Crippen MR) is 134 cm³/mol. The number of nitrogens with one attached hydrogen (secondary N) is 1. The van der Waals surface area contributed by atoms with Crippen LogP contribution in [0.2, 0.25) is 0 Å². The van der Waals surface area contributed by atoms with E-state index in [0.717, 1.165) is 10.6 Å². The Morgan fingerprint density at radius 2 is 1.72 bits per heavy atom. The Hall–Kier alpha value is -4.40. The standard InChI is InChI=1S/C27H27N5O4/c1-27(2,3)23(33)16-21-25(34)32(31-26(35)36-17-18-10-5-4-6-11-18)22-14-8-7-12-19(22)24(29-21)20-13-9-15-28-30-20/h4-15,21H,16-17H2,1-3H3,(H,31,35). The number of hydrogen-bond donors (Lipinski definition) is 1. The molecule has 2 aromatic carbocycles. The number of rotatable bonds is 6. The van der Waals surface area contributed by atoms with Gasteiger partial charge in [0.1, 0.15) is 24.1 Å². The Bertz CT molecular complexity index is 1290. The van der Waals surface area contributed by atoms with Crippen LogP contribution in [0, 0.1) is 5.41 Å². The number of benzodiazepines with no additional fused rings is 1. The van der Waals surface area contributed by atoms with Gasteiger partial charge in [0, 0.05) is 23.6 Å². The molecule has 1 aromatic heterocycles. The SMILES string of the molecule is CC(C)(C)C(=O)CC1N=C(c2cccnn2)c2ccccc2N(NC(=O)OCc2ccccc2)C1=O. The molecule has 9 heteroatoms. The van der Waals surface area contributed by atoms with Gasteiger partial charge in [-0.3, -0.25) is 14.6 Å². The maximum absolute atomic E-state index is 13.7. The van der Waals surface area contributed by atoms with E-state index < -0.39 is 23.5 Å². The number of aliphatic imine (C=N–C) groups is 1. The van der Waals surface area contributed by atoms with E-state index in [2.05, 4.69) is 20.6 Å². The molecule has 9 nitrogen and oxygen atoms in total. The summed E-state index contributed by atoms with van der Waals surface area (Å²) >= 11 is 0. The van der Waals surface area contributed by atoms with E-state index in [1.165, 1.54) is 6.20 Å². The molecule has 2 heterocycles.